The molecule has 0 aliphatic carbocycles. The Kier molecular flexibility index (Phi) is 3.92. The number of nitro benzene ring substituents is 2. The number of benzene rings is 2. The quantitative estimate of drug-likeness (QED) is 0.406. The van der Waals surface area contributed by atoms with Gasteiger partial charge in [-0.25, -0.2) is 4.98 Å². The van der Waals surface area contributed by atoms with Crippen LogP contribution in [-0.4, -0.2) is 36.5 Å². The third kappa shape index (κ3) is 2.68. The van der Waals surface area contributed by atoms with Gasteiger partial charge in [-0.15, -0.1) is 10.2 Å². The normalized spacial score (nSPS) is 10.9. The number of hydrogen-bond acceptors (Lipinski definition) is 9. The molecule has 2 aromatic carbocycles. The molecule has 2 heterocycles. The van der Waals surface area contributed by atoms with Gasteiger partial charge in [0.25, 0.3) is 0 Å². The highest BCUT2D eigenvalue weighted by molar-refractivity contribution is 5.88. The summed E-state index contributed by atoms with van der Waals surface area (Å²) in [4.78, 5) is 25.2. The van der Waals surface area contributed by atoms with Crippen LogP contribution in [0.4, 0.5) is 22.9 Å². The number of fused-ring (bicyclic) bond motifs is 3. The minimum absolute atomic E-state index is 0.169. The predicted octanol–water partition coefficient (Wildman–Crippen LogP) is 2.85. The number of rotatable bonds is 5. The van der Waals surface area contributed by atoms with E-state index in [1.165, 1.54) is 17.8 Å². The average molecular weight is 381 g/mol. The first kappa shape index (κ1) is 17.1. The molecule has 0 spiro atoms. The second kappa shape index (κ2) is 6.42. The summed E-state index contributed by atoms with van der Waals surface area (Å²) in [6.45, 7) is 0. The van der Waals surface area contributed by atoms with Crippen LogP contribution in [0.1, 0.15) is 0 Å². The Balaban J connectivity index is 1.97. The van der Waals surface area contributed by atoms with Crippen LogP contribution in [0.15, 0.2) is 42.7 Å². The van der Waals surface area contributed by atoms with Crippen molar-refractivity contribution in [2.75, 3.05) is 12.4 Å². The molecule has 4 aromatic rings. The van der Waals surface area contributed by atoms with E-state index >= 15 is 0 Å². The minimum Gasteiger partial charge on any atom is -0.495 e. The molecule has 4 rings (SSSR count). The van der Waals surface area contributed by atoms with Gasteiger partial charge in [0.2, 0.25) is 5.65 Å². The maximum atomic E-state index is 11.3. The van der Waals surface area contributed by atoms with E-state index < -0.39 is 21.2 Å². The number of nitro groups is 2. The molecule has 0 aliphatic heterocycles. The van der Waals surface area contributed by atoms with E-state index in [9.17, 15) is 20.2 Å². The molecule has 0 aliphatic rings. The van der Waals surface area contributed by atoms with Crippen molar-refractivity contribution < 1.29 is 14.6 Å². The first-order valence-corrected chi connectivity index (χ1v) is 7.86. The van der Waals surface area contributed by atoms with Crippen molar-refractivity contribution in [3.63, 3.8) is 0 Å². The molecule has 0 unspecified atom stereocenters. The number of aromatic nitrogens is 4. The van der Waals surface area contributed by atoms with Gasteiger partial charge >= 0.3 is 11.4 Å². The predicted molar refractivity (Wildman–Crippen MR) is 97.9 cm³/mol. The van der Waals surface area contributed by atoms with Crippen molar-refractivity contribution in [2.24, 2.45) is 0 Å². The maximum Gasteiger partial charge on any atom is 0.348 e. The molecule has 0 radical (unpaired) electrons. The molecule has 12 heteroatoms. The summed E-state index contributed by atoms with van der Waals surface area (Å²) in [7, 11) is 1.52. The fourth-order valence-electron chi connectivity index (χ4n) is 2.83. The molecular formula is C16H11N7O5. The summed E-state index contributed by atoms with van der Waals surface area (Å²) in [5, 5.41) is 33.4. The topological polar surface area (TPSA) is 151 Å². The lowest BCUT2D eigenvalue weighted by Crippen LogP contribution is -2.03. The first-order chi connectivity index (χ1) is 13.5. The number of methoxy groups -OCH3 is 1. The molecule has 12 nitrogen and oxygen atoms in total. The van der Waals surface area contributed by atoms with Gasteiger partial charge in [0.1, 0.15) is 12.1 Å². The Bertz CT molecular complexity index is 1250. The van der Waals surface area contributed by atoms with Crippen LogP contribution in [0.5, 0.6) is 5.75 Å². The monoisotopic (exact) mass is 381 g/mol. The molecule has 0 atom stereocenters. The summed E-state index contributed by atoms with van der Waals surface area (Å²) < 4.78 is 6.76. The van der Waals surface area contributed by atoms with Crippen molar-refractivity contribution in [2.45, 2.75) is 0 Å². The number of nitrogens with zero attached hydrogens (tertiary/aromatic N) is 6. The number of hydrogen-bond donors (Lipinski definition) is 1. The molecular weight excluding hydrogens is 370 g/mol. The zero-order valence-electron chi connectivity index (χ0n) is 14.3. The number of ether oxygens (including phenoxy) is 1. The smallest absolute Gasteiger partial charge is 0.348 e. The van der Waals surface area contributed by atoms with Crippen LogP contribution in [0.3, 0.4) is 0 Å². The molecule has 0 saturated heterocycles. The van der Waals surface area contributed by atoms with Gasteiger partial charge in [0, 0.05) is 6.07 Å². The molecule has 0 amide bonds. The third-order valence-corrected chi connectivity index (χ3v) is 4.08. The highest BCUT2D eigenvalue weighted by atomic mass is 16.6. The highest BCUT2D eigenvalue weighted by Gasteiger charge is 2.27. The molecule has 0 fully saturated rings. The van der Waals surface area contributed by atoms with Gasteiger partial charge in [0.05, 0.1) is 39.7 Å². The lowest BCUT2D eigenvalue weighted by Gasteiger charge is -2.12. The summed E-state index contributed by atoms with van der Waals surface area (Å²) in [5.41, 5.74) is 0.0324. The Labute approximate surface area is 155 Å². The largest absolute Gasteiger partial charge is 0.495 e. The van der Waals surface area contributed by atoms with E-state index in [4.69, 9.17) is 4.74 Å². The number of para-hydroxylation sites is 2. The standard InChI is InChI=1S/C16H11N7O5/c1-28-14-5-3-2-4-9(14)18-15-16-20-17-8-21(16)11-7-13(23(26)27)12(22(24)25)6-10(11)19-15/h2-8H,1H3,(H,18,19). The van der Waals surface area contributed by atoms with Crippen molar-refractivity contribution in [1.82, 2.24) is 19.6 Å². The van der Waals surface area contributed by atoms with Gasteiger partial charge in [-0.2, -0.15) is 0 Å². The van der Waals surface area contributed by atoms with E-state index in [1.807, 2.05) is 0 Å². The van der Waals surface area contributed by atoms with E-state index in [2.05, 4.69) is 20.5 Å². The zero-order valence-corrected chi connectivity index (χ0v) is 14.3. The van der Waals surface area contributed by atoms with E-state index in [-0.39, 0.29) is 16.9 Å². The molecule has 140 valence electrons. The second-order valence-electron chi connectivity index (χ2n) is 5.65. The van der Waals surface area contributed by atoms with E-state index in [1.54, 1.807) is 24.3 Å². The Morgan fingerprint density at radius 2 is 1.82 bits per heavy atom. The number of anilines is 2. The molecule has 1 N–H and O–H groups in total. The van der Waals surface area contributed by atoms with Gasteiger partial charge in [-0.3, -0.25) is 24.6 Å². The average Bonchev–Trinajstić information content (AvgIpc) is 3.18. The van der Waals surface area contributed by atoms with Crippen LogP contribution in [-0.2, 0) is 0 Å². The molecule has 0 bridgehead atoms. The van der Waals surface area contributed by atoms with Crippen molar-refractivity contribution in [3.8, 4) is 5.75 Å². The summed E-state index contributed by atoms with van der Waals surface area (Å²) in [6.07, 6.45) is 1.35. The first-order valence-electron chi connectivity index (χ1n) is 7.86. The fourth-order valence-corrected chi connectivity index (χ4v) is 2.83. The van der Waals surface area contributed by atoms with Crippen molar-refractivity contribution in [3.05, 3.63) is 63.0 Å². The number of nitrogens with one attached hydrogen (secondary N) is 1. The third-order valence-electron chi connectivity index (χ3n) is 4.08. The van der Waals surface area contributed by atoms with Gasteiger partial charge in [-0.05, 0) is 12.1 Å². The Hall–Kier alpha value is -4.35. The summed E-state index contributed by atoms with van der Waals surface area (Å²) >= 11 is 0. The Morgan fingerprint density at radius 1 is 1.11 bits per heavy atom. The summed E-state index contributed by atoms with van der Waals surface area (Å²) in [6, 6.07) is 9.24. The highest BCUT2D eigenvalue weighted by Crippen LogP contribution is 2.34. The lowest BCUT2D eigenvalue weighted by atomic mass is 10.2. The molecule has 2 aromatic heterocycles. The molecule has 28 heavy (non-hydrogen) atoms. The lowest BCUT2D eigenvalue weighted by molar-refractivity contribution is -0.422. The van der Waals surface area contributed by atoms with Crippen molar-refractivity contribution in [1.29, 1.82) is 0 Å². The maximum absolute atomic E-state index is 11.3. The molecule has 0 saturated carbocycles. The summed E-state index contributed by atoms with van der Waals surface area (Å²) in [5.74, 6) is 0.814. The zero-order chi connectivity index (χ0) is 19.8. The van der Waals surface area contributed by atoms with Crippen LogP contribution in [0, 0.1) is 20.2 Å². The minimum atomic E-state index is -0.817. The van der Waals surface area contributed by atoms with Crippen LogP contribution >= 0.6 is 0 Å². The van der Waals surface area contributed by atoms with Crippen molar-refractivity contribution >= 4 is 39.6 Å². The SMILES string of the molecule is COc1ccccc1Nc1nc2cc([N+](=O)[O-])c([N+](=O)[O-])cc2n2cnnc12. The van der Waals surface area contributed by atoms with E-state index in [0.29, 0.717) is 17.1 Å². The van der Waals surface area contributed by atoms with Gasteiger partial charge in [0.15, 0.2) is 5.82 Å². The Morgan fingerprint density at radius 3 is 2.54 bits per heavy atom. The van der Waals surface area contributed by atoms with Gasteiger partial charge in [-0.1, -0.05) is 12.1 Å². The fraction of sp³-hybridized carbons (Fsp3) is 0.0625. The van der Waals surface area contributed by atoms with Crippen LogP contribution in [0.2, 0.25) is 0 Å². The second-order valence-corrected chi connectivity index (χ2v) is 5.65. The van der Waals surface area contributed by atoms with Gasteiger partial charge < -0.3 is 10.1 Å². The van der Waals surface area contributed by atoms with Crippen LogP contribution < -0.4 is 10.1 Å². The van der Waals surface area contributed by atoms with E-state index in [0.717, 1.165) is 12.1 Å². The van der Waals surface area contributed by atoms with Crippen LogP contribution in [0.25, 0.3) is 16.7 Å².